The lowest BCUT2D eigenvalue weighted by Crippen LogP contribution is -2.44. The highest BCUT2D eigenvalue weighted by Gasteiger charge is 2.24. The van der Waals surface area contributed by atoms with Gasteiger partial charge in [0.2, 0.25) is 0 Å². The highest BCUT2D eigenvalue weighted by Crippen LogP contribution is 2.24. The van der Waals surface area contributed by atoms with Crippen molar-refractivity contribution >= 4 is 41.3 Å². The molecule has 2 aromatic heterocycles. The maximum absolute atomic E-state index is 5.72. The number of likely N-dealkylation sites (tertiary alicyclic amines) is 1. The molecule has 1 atom stereocenters. The molecule has 2 N–H and O–H groups in total. The van der Waals surface area contributed by atoms with Gasteiger partial charge in [-0.05, 0) is 51.9 Å². The van der Waals surface area contributed by atoms with Gasteiger partial charge in [-0.15, -0.1) is 35.3 Å². The molecule has 1 fully saturated rings. The van der Waals surface area contributed by atoms with Gasteiger partial charge in [0.25, 0.3) is 0 Å². The van der Waals surface area contributed by atoms with Crippen LogP contribution in [0.5, 0.6) is 0 Å². The second-order valence-electron chi connectivity index (χ2n) is 6.55. The van der Waals surface area contributed by atoms with E-state index in [1.165, 1.54) is 24.1 Å². The minimum atomic E-state index is 0. The van der Waals surface area contributed by atoms with Gasteiger partial charge >= 0.3 is 0 Å². The van der Waals surface area contributed by atoms with Crippen LogP contribution in [0.15, 0.2) is 34.0 Å². The summed E-state index contributed by atoms with van der Waals surface area (Å²) >= 11 is 1.70. The lowest BCUT2D eigenvalue weighted by atomic mass is 10.1. The predicted molar refractivity (Wildman–Crippen MR) is 122 cm³/mol. The summed E-state index contributed by atoms with van der Waals surface area (Å²) < 4.78 is 5.72. The molecule has 0 spiro atoms. The molecule has 1 unspecified atom stereocenters. The Labute approximate surface area is 182 Å². The van der Waals surface area contributed by atoms with E-state index in [0.717, 1.165) is 42.9 Å². The van der Waals surface area contributed by atoms with Crippen molar-refractivity contribution in [1.82, 2.24) is 20.5 Å². The zero-order valence-corrected chi connectivity index (χ0v) is 19.3. The second-order valence-corrected chi connectivity index (χ2v) is 7.87. The number of rotatable bonds is 7. The summed E-state index contributed by atoms with van der Waals surface area (Å²) in [6, 6.07) is 4.28. The van der Waals surface area contributed by atoms with Crippen LogP contribution in [0.2, 0.25) is 0 Å². The number of halogens is 1. The molecule has 1 aliphatic heterocycles. The molecule has 2 aromatic rings. The van der Waals surface area contributed by atoms with Gasteiger partial charge < -0.3 is 15.1 Å². The monoisotopic (exact) mass is 503 g/mol. The third-order valence-corrected chi connectivity index (χ3v) is 5.47. The van der Waals surface area contributed by atoms with E-state index in [0.29, 0.717) is 6.54 Å². The van der Waals surface area contributed by atoms with Gasteiger partial charge in [-0.25, -0.2) is 9.98 Å². The fraction of sp³-hybridized carbons (Fsp3) is 0.579. The quantitative estimate of drug-likeness (QED) is 0.341. The van der Waals surface area contributed by atoms with E-state index in [-0.39, 0.29) is 30.0 Å². The van der Waals surface area contributed by atoms with Crippen molar-refractivity contribution in [1.29, 1.82) is 0 Å². The number of nitrogens with one attached hydrogen (secondary N) is 2. The lowest BCUT2D eigenvalue weighted by molar-refractivity contribution is 0.146. The van der Waals surface area contributed by atoms with Gasteiger partial charge in [-0.3, -0.25) is 4.90 Å². The van der Waals surface area contributed by atoms with Crippen LogP contribution in [0.3, 0.4) is 0 Å². The fourth-order valence-corrected chi connectivity index (χ4v) is 4.01. The van der Waals surface area contributed by atoms with Crippen LogP contribution in [0.25, 0.3) is 0 Å². The standard InChI is InChI=1S/C19H29N5OS.HI/c1-3-20-19(22-13-16-12-21-15(2)26-16)23-14-17(18-8-7-11-25-18)24-9-5-4-6-10-24;/h7-8,11-12,17H,3-6,9-10,13-14H2,1-2H3,(H2,20,22,23);1H. The number of hydrogen-bond donors (Lipinski definition) is 2. The first-order valence-corrected chi connectivity index (χ1v) is 10.3. The normalized spacial score (nSPS) is 16.6. The topological polar surface area (TPSA) is 65.7 Å². The maximum Gasteiger partial charge on any atom is 0.191 e. The summed E-state index contributed by atoms with van der Waals surface area (Å²) in [4.78, 5) is 12.7. The third kappa shape index (κ3) is 6.76. The predicted octanol–water partition coefficient (Wildman–Crippen LogP) is 3.94. The SMILES string of the molecule is CCNC(=NCc1cnc(C)s1)NCC(c1ccco1)N1CCCCC1.I. The average Bonchev–Trinajstić information content (AvgIpc) is 3.33. The van der Waals surface area contributed by atoms with Gasteiger partial charge in [0, 0.05) is 24.2 Å². The summed E-state index contributed by atoms with van der Waals surface area (Å²) in [5.74, 6) is 1.86. The highest BCUT2D eigenvalue weighted by atomic mass is 127. The number of aromatic nitrogens is 1. The first kappa shape index (κ1) is 22.2. The van der Waals surface area contributed by atoms with Crippen molar-refractivity contribution < 1.29 is 4.42 Å². The van der Waals surface area contributed by atoms with Crippen molar-refractivity contribution in [2.45, 2.75) is 45.7 Å². The van der Waals surface area contributed by atoms with Crippen molar-refractivity contribution in [2.75, 3.05) is 26.2 Å². The van der Waals surface area contributed by atoms with Crippen LogP contribution < -0.4 is 10.6 Å². The van der Waals surface area contributed by atoms with Crippen LogP contribution in [0, 0.1) is 6.92 Å². The van der Waals surface area contributed by atoms with E-state index < -0.39 is 0 Å². The van der Waals surface area contributed by atoms with Crippen LogP contribution in [-0.4, -0.2) is 42.0 Å². The molecule has 3 heterocycles. The second kappa shape index (κ2) is 11.7. The van der Waals surface area contributed by atoms with Gasteiger partial charge in [-0.1, -0.05) is 6.42 Å². The molecule has 1 aliphatic rings. The summed E-state index contributed by atoms with van der Waals surface area (Å²) in [5.41, 5.74) is 0. The first-order valence-electron chi connectivity index (χ1n) is 9.47. The number of aliphatic imine (C=N–C) groups is 1. The summed E-state index contributed by atoms with van der Waals surface area (Å²) in [5, 5.41) is 7.92. The van der Waals surface area contributed by atoms with Crippen molar-refractivity contribution in [2.24, 2.45) is 4.99 Å². The molecule has 0 amide bonds. The molecule has 150 valence electrons. The molecular formula is C19H30IN5OS. The number of guanidine groups is 1. The Kier molecular flexibility index (Phi) is 9.57. The molecule has 3 rings (SSSR count). The molecule has 0 aliphatic carbocycles. The van der Waals surface area contributed by atoms with Gasteiger partial charge in [0.1, 0.15) is 5.76 Å². The molecule has 6 nitrogen and oxygen atoms in total. The van der Waals surface area contributed by atoms with Crippen LogP contribution in [-0.2, 0) is 6.54 Å². The Balaban J connectivity index is 0.00000261. The third-order valence-electron chi connectivity index (χ3n) is 4.57. The molecule has 0 bridgehead atoms. The molecule has 0 aromatic carbocycles. The molecule has 8 heteroatoms. The maximum atomic E-state index is 5.72. The Bertz CT molecular complexity index is 682. The Morgan fingerprint density at radius 2 is 2.15 bits per heavy atom. The summed E-state index contributed by atoms with van der Waals surface area (Å²) in [7, 11) is 0. The number of nitrogens with zero attached hydrogens (tertiary/aromatic N) is 3. The highest BCUT2D eigenvalue weighted by molar-refractivity contribution is 14.0. The number of hydrogen-bond acceptors (Lipinski definition) is 5. The van der Waals surface area contributed by atoms with E-state index >= 15 is 0 Å². The largest absolute Gasteiger partial charge is 0.468 e. The first-order chi connectivity index (χ1) is 12.8. The van der Waals surface area contributed by atoms with Crippen molar-refractivity contribution in [3.63, 3.8) is 0 Å². The average molecular weight is 503 g/mol. The van der Waals surface area contributed by atoms with Crippen molar-refractivity contribution in [3.8, 4) is 0 Å². The van der Waals surface area contributed by atoms with E-state index in [2.05, 4.69) is 33.5 Å². The molecular weight excluding hydrogens is 473 g/mol. The lowest BCUT2D eigenvalue weighted by Gasteiger charge is -2.33. The number of piperidine rings is 1. The number of furan rings is 1. The van der Waals surface area contributed by atoms with Crippen molar-refractivity contribution in [3.05, 3.63) is 40.2 Å². The zero-order valence-electron chi connectivity index (χ0n) is 16.1. The van der Waals surface area contributed by atoms with E-state index in [4.69, 9.17) is 9.41 Å². The van der Waals surface area contributed by atoms with Crippen LogP contribution in [0.4, 0.5) is 0 Å². The fourth-order valence-electron chi connectivity index (χ4n) is 3.29. The summed E-state index contributed by atoms with van der Waals surface area (Å²) in [6.07, 6.45) is 7.52. The molecule has 1 saturated heterocycles. The minimum Gasteiger partial charge on any atom is -0.468 e. The molecule has 0 saturated carbocycles. The van der Waals surface area contributed by atoms with Gasteiger partial charge in [-0.2, -0.15) is 0 Å². The van der Waals surface area contributed by atoms with Crippen LogP contribution >= 0.6 is 35.3 Å². The minimum absolute atomic E-state index is 0. The number of thiazole rings is 1. The zero-order chi connectivity index (χ0) is 18.2. The summed E-state index contributed by atoms with van der Waals surface area (Å²) in [6.45, 7) is 8.62. The van der Waals surface area contributed by atoms with E-state index in [1.807, 2.05) is 19.2 Å². The van der Waals surface area contributed by atoms with E-state index in [1.54, 1.807) is 17.6 Å². The van der Waals surface area contributed by atoms with Crippen LogP contribution in [0.1, 0.15) is 47.9 Å². The number of aryl methyl sites for hydroxylation is 1. The molecule has 27 heavy (non-hydrogen) atoms. The van der Waals surface area contributed by atoms with E-state index in [9.17, 15) is 0 Å². The van der Waals surface area contributed by atoms with Gasteiger partial charge in [0.05, 0.1) is 23.9 Å². The smallest absolute Gasteiger partial charge is 0.191 e. The molecule has 0 radical (unpaired) electrons. The Morgan fingerprint density at radius 1 is 1.33 bits per heavy atom. The Hall–Kier alpha value is -1.13. The van der Waals surface area contributed by atoms with Gasteiger partial charge in [0.15, 0.2) is 5.96 Å². The Morgan fingerprint density at radius 3 is 2.78 bits per heavy atom.